The van der Waals surface area contributed by atoms with Crippen LogP contribution in [0.1, 0.15) is 11.1 Å². The zero-order valence-electron chi connectivity index (χ0n) is 9.15. The van der Waals surface area contributed by atoms with Crippen LogP contribution in [0, 0.1) is 10.1 Å². The van der Waals surface area contributed by atoms with Gasteiger partial charge in [-0.05, 0) is 6.07 Å². The molecule has 1 aromatic carbocycles. The van der Waals surface area contributed by atoms with Crippen molar-refractivity contribution >= 4 is 11.7 Å². The Hall–Kier alpha value is -2.12. The first-order valence-electron chi connectivity index (χ1n) is 4.67. The second kappa shape index (κ2) is 5.03. The summed E-state index contributed by atoms with van der Waals surface area (Å²) in [6.07, 6.45) is -5.57. The van der Waals surface area contributed by atoms with Gasteiger partial charge < -0.3 is 4.74 Å². The van der Waals surface area contributed by atoms with Crippen LogP contribution >= 0.6 is 0 Å². The van der Waals surface area contributed by atoms with E-state index in [1.807, 2.05) is 0 Å². The van der Waals surface area contributed by atoms with Crippen LogP contribution in [-0.4, -0.2) is 18.0 Å². The summed E-state index contributed by atoms with van der Waals surface area (Å²) in [5.41, 5.74) is -2.65. The Morgan fingerprint density at radius 2 is 2.06 bits per heavy atom. The summed E-state index contributed by atoms with van der Waals surface area (Å²) in [5, 5.41) is 10.7. The lowest BCUT2D eigenvalue weighted by atomic mass is 10.0. The average molecular weight is 263 g/mol. The van der Waals surface area contributed by atoms with Crippen molar-refractivity contribution in [2.24, 2.45) is 0 Å². The van der Waals surface area contributed by atoms with Gasteiger partial charge in [0, 0.05) is 6.07 Å². The third kappa shape index (κ3) is 2.96. The number of alkyl halides is 3. The zero-order chi connectivity index (χ0) is 13.9. The van der Waals surface area contributed by atoms with Gasteiger partial charge in [-0.1, -0.05) is 6.07 Å². The fourth-order valence-electron chi connectivity index (χ4n) is 1.41. The number of nitrogens with zero attached hydrogens (tertiary/aromatic N) is 1. The van der Waals surface area contributed by atoms with Crippen molar-refractivity contribution in [2.45, 2.75) is 12.6 Å². The first-order chi connectivity index (χ1) is 8.27. The molecular weight excluding hydrogens is 255 g/mol. The van der Waals surface area contributed by atoms with E-state index in [-0.39, 0.29) is 0 Å². The SMILES string of the molecule is COC(=O)Cc1c([N+](=O)[O-])cccc1C(F)(F)F. The van der Waals surface area contributed by atoms with Gasteiger partial charge in [0.2, 0.25) is 0 Å². The van der Waals surface area contributed by atoms with Gasteiger partial charge in [0.25, 0.3) is 5.69 Å². The zero-order valence-corrected chi connectivity index (χ0v) is 9.15. The molecule has 1 aromatic rings. The Morgan fingerprint density at radius 3 is 2.50 bits per heavy atom. The number of carbonyl (C=O) groups is 1. The van der Waals surface area contributed by atoms with E-state index in [0.717, 1.165) is 19.2 Å². The number of rotatable bonds is 3. The molecular formula is C10H8F3NO4. The molecule has 0 heterocycles. The van der Waals surface area contributed by atoms with Crippen molar-refractivity contribution in [1.82, 2.24) is 0 Å². The lowest BCUT2D eigenvalue weighted by Crippen LogP contribution is -2.15. The van der Waals surface area contributed by atoms with Gasteiger partial charge >= 0.3 is 12.1 Å². The number of nitro groups is 1. The Kier molecular flexibility index (Phi) is 3.89. The van der Waals surface area contributed by atoms with Crippen molar-refractivity contribution in [1.29, 1.82) is 0 Å². The van der Waals surface area contributed by atoms with Crippen LogP contribution in [0.15, 0.2) is 18.2 Å². The van der Waals surface area contributed by atoms with Gasteiger partial charge in [-0.2, -0.15) is 13.2 Å². The predicted octanol–water partition coefficient (Wildman–Crippen LogP) is 2.33. The minimum Gasteiger partial charge on any atom is -0.469 e. The minimum absolute atomic E-state index is 0.686. The highest BCUT2D eigenvalue weighted by atomic mass is 19.4. The Balaban J connectivity index is 3.39. The molecule has 0 atom stereocenters. The van der Waals surface area contributed by atoms with Crippen molar-refractivity contribution in [3.63, 3.8) is 0 Å². The molecule has 1 rings (SSSR count). The fourth-order valence-corrected chi connectivity index (χ4v) is 1.41. The maximum absolute atomic E-state index is 12.7. The molecule has 98 valence electrons. The molecule has 0 N–H and O–H groups in total. The summed E-state index contributed by atoms with van der Waals surface area (Å²) in [5.74, 6) is -0.977. The molecule has 0 saturated heterocycles. The Labute approximate surface area is 99.3 Å². The van der Waals surface area contributed by atoms with Crippen LogP contribution in [0.2, 0.25) is 0 Å². The predicted molar refractivity (Wildman–Crippen MR) is 53.8 cm³/mol. The van der Waals surface area contributed by atoms with Gasteiger partial charge in [-0.15, -0.1) is 0 Å². The van der Waals surface area contributed by atoms with E-state index in [0.29, 0.717) is 6.07 Å². The molecule has 0 aromatic heterocycles. The third-order valence-electron chi connectivity index (χ3n) is 2.20. The van der Waals surface area contributed by atoms with Crippen LogP contribution in [0.4, 0.5) is 18.9 Å². The molecule has 0 aliphatic rings. The molecule has 0 saturated carbocycles. The molecule has 5 nitrogen and oxygen atoms in total. The number of benzene rings is 1. The lowest BCUT2D eigenvalue weighted by Gasteiger charge is -2.12. The highest BCUT2D eigenvalue weighted by Crippen LogP contribution is 2.36. The van der Waals surface area contributed by atoms with Gasteiger partial charge in [-0.3, -0.25) is 14.9 Å². The first-order valence-corrected chi connectivity index (χ1v) is 4.67. The maximum Gasteiger partial charge on any atom is 0.416 e. The van der Waals surface area contributed by atoms with E-state index in [9.17, 15) is 28.1 Å². The highest BCUT2D eigenvalue weighted by molar-refractivity contribution is 5.75. The quantitative estimate of drug-likeness (QED) is 0.476. The van der Waals surface area contributed by atoms with Crippen LogP contribution in [-0.2, 0) is 22.1 Å². The van der Waals surface area contributed by atoms with Gasteiger partial charge in [-0.25, -0.2) is 0 Å². The largest absolute Gasteiger partial charge is 0.469 e. The molecule has 0 aliphatic heterocycles. The smallest absolute Gasteiger partial charge is 0.416 e. The number of methoxy groups -OCH3 is 1. The molecule has 18 heavy (non-hydrogen) atoms. The fraction of sp³-hybridized carbons (Fsp3) is 0.300. The molecule has 0 unspecified atom stereocenters. The molecule has 0 radical (unpaired) electrons. The van der Waals surface area contributed by atoms with Crippen molar-refractivity contribution in [2.75, 3.05) is 7.11 Å². The topological polar surface area (TPSA) is 69.4 Å². The standard InChI is InChI=1S/C10H8F3NO4/c1-18-9(15)5-6-7(10(11,12)13)3-2-4-8(6)14(16)17/h2-4H,5H2,1H3. The van der Waals surface area contributed by atoms with Crippen LogP contribution in [0.3, 0.4) is 0 Å². The molecule has 0 fully saturated rings. The van der Waals surface area contributed by atoms with E-state index in [1.54, 1.807) is 0 Å². The lowest BCUT2D eigenvalue weighted by molar-refractivity contribution is -0.385. The normalized spacial score (nSPS) is 11.1. The average Bonchev–Trinajstić information content (AvgIpc) is 2.27. The monoisotopic (exact) mass is 263 g/mol. The highest BCUT2D eigenvalue weighted by Gasteiger charge is 2.37. The Morgan fingerprint density at radius 1 is 1.44 bits per heavy atom. The van der Waals surface area contributed by atoms with E-state index in [4.69, 9.17) is 0 Å². The van der Waals surface area contributed by atoms with Crippen LogP contribution in [0.25, 0.3) is 0 Å². The van der Waals surface area contributed by atoms with Gasteiger partial charge in [0.1, 0.15) is 0 Å². The second-order valence-electron chi connectivity index (χ2n) is 3.31. The summed E-state index contributed by atoms with van der Waals surface area (Å²) < 4.78 is 42.2. The van der Waals surface area contributed by atoms with E-state index >= 15 is 0 Å². The van der Waals surface area contributed by atoms with E-state index in [2.05, 4.69) is 4.74 Å². The summed E-state index contributed by atoms with van der Waals surface area (Å²) in [4.78, 5) is 20.7. The maximum atomic E-state index is 12.7. The summed E-state index contributed by atoms with van der Waals surface area (Å²) in [6.45, 7) is 0. The van der Waals surface area contributed by atoms with Gasteiger partial charge in [0.15, 0.2) is 0 Å². The number of ether oxygens (including phenoxy) is 1. The van der Waals surface area contributed by atoms with E-state index < -0.39 is 40.3 Å². The molecule has 0 amide bonds. The molecule has 0 bridgehead atoms. The molecule has 8 heteroatoms. The molecule has 0 aliphatic carbocycles. The summed E-state index contributed by atoms with van der Waals surface area (Å²) >= 11 is 0. The second-order valence-corrected chi connectivity index (χ2v) is 3.31. The number of carbonyl (C=O) groups excluding carboxylic acids is 1. The number of esters is 1. The van der Waals surface area contributed by atoms with Crippen LogP contribution in [0.5, 0.6) is 0 Å². The third-order valence-corrected chi connectivity index (χ3v) is 2.20. The van der Waals surface area contributed by atoms with E-state index in [1.165, 1.54) is 0 Å². The van der Waals surface area contributed by atoms with Gasteiger partial charge in [0.05, 0.1) is 29.6 Å². The van der Waals surface area contributed by atoms with Crippen molar-refractivity contribution < 1.29 is 27.6 Å². The number of hydrogen-bond donors (Lipinski definition) is 0. The summed E-state index contributed by atoms with van der Waals surface area (Å²) in [7, 11) is 0.990. The minimum atomic E-state index is -4.77. The summed E-state index contributed by atoms with van der Waals surface area (Å²) in [6, 6.07) is 2.51. The first kappa shape index (κ1) is 13.9. The van der Waals surface area contributed by atoms with Crippen molar-refractivity contribution in [3.05, 3.63) is 39.4 Å². The van der Waals surface area contributed by atoms with Crippen molar-refractivity contribution in [3.8, 4) is 0 Å². The molecule has 0 spiro atoms. The Bertz CT molecular complexity index is 485. The number of nitro benzene ring substituents is 1. The number of halogens is 3. The number of hydrogen-bond acceptors (Lipinski definition) is 4. The van der Waals surface area contributed by atoms with Crippen LogP contribution < -0.4 is 0 Å².